The van der Waals surface area contributed by atoms with Gasteiger partial charge in [-0.15, -0.1) is 0 Å². The van der Waals surface area contributed by atoms with E-state index in [1.54, 1.807) is 0 Å². The Bertz CT molecular complexity index is 298. The van der Waals surface area contributed by atoms with Crippen molar-refractivity contribution in [1.29, 1.82) is 0 Å². The Morgan fingerprint density at radius 1 is 0.529 bits per heavy atom. The smallest absolute Gasteiger partial charge is 0.316 e. The van der Waals surface area contributed by atoms with Gasteiger partial charge in [0, 0.05) is 0 Å². The maximum absolute atomic E-state index is 10.7. The molecule has 0 aromatic heterocycles. The summed E-state index contributed by atoms with van der Waals surface area (Å²) in [5.41, 5.74) is 0. The fourth-order valence-corrected chi connectivity index (χ4v) is 1.98. The SMILES string of the molecule is O=C(O)C1C(C(=O)O)C(C(=O)O)C1C(=O)O.[MgH2]. The summed E-state index contributed by atoms with van der Waals surface area (Å²) in [5.74, 6) is -13.2. The minimum atomic E-state index is -1.70. The first-order valence-electron chi connectivity index (χ1n) is 4.20. The predicted octanol–water partition coefficient (Wildman–Crippen LogP) is -2.11. The van der Waals surface area contributed by atoms with Crippen LogP contribution in [0.15, 0.2) is 0 Å². The van der Waals surface area contributed by atoms with Crippen LogP contribution in [0.25, 0.3) is 0 Å². The van der Waals surface area contributed by atoms with E-state index in [2.05, 4.69) is 0 Å². The molecule has 1 rings (SSSR count). The quantitative estimate of drug-likeness (QED) is 0.418. The fraction of sp³-hybridized carbons (Fsp3) is 0.500. The number of hydrogen-bond acceptors (Lipinski definition) is 4. The van der Waals surface area contributed by atoms with Gasteiger partial charge in [0.2, 0.25) is 0 Å². The molecule has 8 nitrogen and oxygen atoms in total. The number of carboxylic acids is 4. The molecule has 1 aliphatic carbocycles. The molecule has 0 heterocycles. The molecule has 9 heteroatoms. The van der Waals surface area contributed by atoms with E-state index in [1.807, 2.05) is 0 Å². The molecule has 1 fully saturated rings. The first-order chi connectivity index (χ1) is 7.29. The van der Waals surface area contributed by atoms with E-state index in [0.717, 1.165) is 0 Å². The first-order valence-corrected chi connectivity index (χ1v) is 4.20. The molecule has 0 aromatic rings. The van der Waals surface area contributed by atoms with Crippen molar-refractivity contribution >= 4 is 46.9 Å². The third-order valence-electron chi connectivity index (χ3n) is 2.69. The second kappa shape index (κ2) is 5.32. The Kier molecular flexibility index (Phi) is 4.89. The molecule has 0 radical (unpaired) electrons. The number of rotatable bonds is 4. The van der Waals surface area contributed by atoms with Crippen LogP contribution in [0, 0.1) is 23.7 Å². The summed E-state index contributed by atoms with van der Waals surface area (Å²) in [4.78, 5) is 42.6. The highest BCUT2D eigenvalue weighted by Gasteiger charge is 2.64. The van der Waals surface area contributed by atoms with Crippen LogP contribution >= 0.6 is 0 Å². The van der Waals surface area contributed by atoms with Crippen molar-refractivity contribution in [2.24, 2.45) is 23.7 Å². The second-order valence-electron chi connectivity index (χ2n) is 3.46. The van der Waals surface area contributed by atoms with E-state index in [4.69, 9.17) is 20.4 Å². The van der Waals surface area contributed by atoms with Gasteiger partial charge < -0.3 is 20.4 Å². The van der Waals surface area contributed by atoms with Gasteiger partial charge in [-0.3, -0.25) is 19.2 Å². The van der Waals surface area contributed by atoms with Gasteiger partial charge >= 0.3 is 46.9 Å². The molecule has 0 aliphatic heterocycles. The average molecular weight is 258 g/mol. The lowest BCUT2D eigenvalue weighted by Crippen LogP contribution is -2.59. The lowest BCUT2D eigenvalue weighted by atomic mass is 9.56. The zero-order chi connectivity index (χ0) is 12.6. The lowest BCUT2D eigenvalue weighted by molar-refractivity contribution is -0.191. The molecule has 0 amide bonds. The van der Waals surface area contributed by atoms with Gasteiger partial charge in [-0.2, -0.15) is 0 Å². The van der Waals surface area contributed by atoms with Crippen molar-refractivity contribution in [2.75, 3.05) is 0 Å². The van der Waals surface area contributed by atoms with E-state index in [9.17, 15) is 19.2 Å². The number of carbonyl (C=O) groups is 4. The first kappa shape index (κ1) is 15.6. The molecule has 17 heavy (non-hydrogen) atoms. The van der Waals surface area contributed by atoms with E-state index in [0.29, 0.717) is 0 Å². The minimum absolute atomic E-state index is 0. The third-order valence-corrected chi connectivity index (χ3v) is 2.69. The van der Waals surface area contributed by atoms with Gasteiger partial charge in [0.25, 0.3) is 0 Å². The van der Waals surface area contributed by atoms with Crippen LogP contribution < -0.4 is 0 Å². The molecular weight excluding hydrogens is 248 g/mol. The van der Waals surface area contributed by atoms with Gasteiger partial charge in [-0.05, 0) is 0 Å². The highest BCUT2D eigenvalue weighted by atomic mass is 24.3. The molecule has 0 aromatic carbocycles. The second-order valence-corrected chi connectivity index (χ2v) is 3.46. The van der Waals surface area contributed by atoms with Gasteiger partial charge in [0.05, 0.1) is 23.7 Å². The predicted molar refractivity (Wildman–Crippen MR) is 53.0 cm³/mol. The van der Waals surface area contributed by atoms with Crippen LogP contribution in [0.4, 0.5) is 0 Å². The van der Waals surface area contributed by atoms with Crippen LogP contribution in [0.1, 0.15) is 0 Å². The number of carboxylic acid groups (broad SMARTS) is 4. The van der Waals surface area contributed by atoms with Crippen LogP contribution in [0.5, 0.6) is 0 Å². The molecule has 0 atom stereocenters. The van der Waals surface area contributed by atoms with Crippen LogP contribution in [0.3, 0.4) is 0 Å². The van der Waals surface area contributed by atoms with Gasteiger partial charge in [0.1, 0.15) is 0 Å². The largest absolute Gasteiger partial charge is 0.481 e. The summed E-state index contributed by atoms with van der Waals surface area (Å²) in [7, 11) is 0. The molecule has 0 spiro atoms. The molecule has 1 saturated carbocycles. The molecule has 0 unspecified atom stereocenters. The average Bonchev–Trinajstić information content (AvgIpc) is 1.97. The Morgan fingerprint density at radius 2 is 0.647 bits per heavy atom. The Morgan fingerprint density at radius 3 is 0.706 bits per heavy atom. The Labute approximate surface area is 110 Å². The topological polar surface area (TPSA) is 149 Å². The zero-order valence-corrected chi connectivity index (χ0v) is 7.73. The van der Waals surface area contributed by atoms with E-state index in [-0.39, 0.29) is 23.1 Å². The van der Waals surface area contributed by atoms with Crippen LogP contribution in [-0.4, -0.2) is 67.4 Å². The van der Waals surface area contributed by atoms with Crippen molar-refractivity contribution in [2.45, 2.75) is 0 Å². The van der Waals surface area contributed by atoms with E-state index in [1.165, 1.54) is 0 Å². The van der Waals surface area contributed by atoms with Crippen molar-refractivity contribution in [3.8, 4) is 0 Å². The van der Waals surface area contributed by atoms with Crippen LogP contribution in [0.2, 0.25) is 0 Å². The molecule has 1 aliphatic rings. The Hall–Kier alpha value is -1.35. The Balaban J connectivity index is 0.00000256. The lowest BCUT2D eigenvalue weighted by Gasteiger charge is -2.42. The van der Waals surface area contributed by atoms with Gasteiger partial charge in [-0.25, -0.2) is 0 Å². The summed E-state index contributed by atoms with van der Waals surface area (Å²) >= 11 is 0. The molecule has 0 saturated heterocycles. The summed E-state index contributed by atoms with van der Waals surface area (Å²) in [6, 6.07) is 0. The minimum Gasteiger partial charge on any atom is -0.481 e. The molecule has 92 valence electrons. The van der Waals surface area contributed by atoms with E-state index < -0.39 is 47.5 Å². The molecule has 4 N–H and O–H groups in total. The zero-order valence-electron chi connectivity index (χ0n) is 7.73. The van der Waals surface area contributed by atoms with Crippen molar-refractivity contribution in [3.63, 3.8) is 0 Å². The standard InChI is InChI=1S/C8H8O8.Mg.2H/c9-5(10)1-2(6(11)12)4(8(15)16)3(1)7(13)14;;;/h1-4H,(H,9,10)(H,11,12)(H,13,14)(H,15,16);;;. The van der Waals surface area contributed by atoms with Gasteiger partial charge in [0.15, 0.2) is 0 Å². The van der Waals surface area contributed by atoms with Crippen molar-refractivity contribution < 1.29 is 39.6 Å². The van der Waals surface area contributed by atoms with Crippen molar-refractivity contribution in [3.05, 3.63) is 0 Å². The summed E-state index contributed by atoms with van der Waals surface area (Å²) in [6.45, 7) is 0. The molecular formula is C8H10MgO8. The highest BCUT2D eigenvalue weighted by molar-refractivity contribution is 5.95. The summed E-state index contributed by atoms with van der Waals surface area (Å²) < 4.78 is 0. The monoisotopic (exact) mass is 258 g/mol. The number of aliphatic carboxylic acids is 4. The maximum atomic E-state index is 10.7. The number of hydrogen-bond donors (Lipinski definition) is 4. The molecule has 0 bridgehead atoms. The maximum Gasteiger partial charge on any atom is 0.316 e. The normalized spacial score (nSPS) is 30.6. The third kappa shape index (κ3) is 2.49. The van der Waals surface area contributed by atoms with Crippen LogP contribution in [-0.2, 0) is 19.2 Å². The summed E-state index contributed by atoms with van der Waals surface area (Å²) in [6.07, 6.45) is 0. The van der Waals surface area contributed by atoms with Gasteiger partial charge in [-0.1, -0.05) is 0 Å². The van der Waals surface area contributed by atoms with Crippen molar-refractivity contribution in [1.82, 2.24) is 0 Å². The van der Waals surface area contributed by atoms with E-state index >= 15 is 0 Å². The fourth-order valence-electron chi connectivity index (χ4n) is 1.98. The highest BCUT2D eigenvalue weighted by Crippen LogP contribution is 2.46. The summed E-state index contributed by atoms with van der Waals surface area (Å²) in [5, 5.41) is 34.6.